The van der Waals surface area contributed by atoms with E-state index in [0.717, 1.165) is 6.42 Å². The molecule has 0 radical (unpaired) electrons. The monoisotopic (exact) mass is 465 g/mol. The molecule has 0 fully saturated rings. The summed E-state index contributed by atoms with van der Waals surface area (Å²) in [4.78, 5) is 0. The molecule has 0 heterocycles. The molecule has 0 saturated heterocycles. The summed E-state index contributed by atoms with van der Waals surface area (Å²) in [5.74, 6) is 0. The molecule has 2 aliphatic rings. The third-order valence-electron chi connectivity index (χ3n) is 6.66. The zero-order valence-corrected chi connectivity index (χ0v) is 21.9. The molecular formula is C24H31Cl2SiTi. The number of rotatable bonds is 4. The normalized spacial score (nSPS) is 16.7. The summed E-state index contributed by atoms with van der Waals surface area (Å²) < 4.78 is 3.48. The minimum atomic E-state index is -2.02. The van der Waals surface area contributed by atoms with E-state index in [9.17, 15) is 0 Å². The maximum atomic E-state index is 2.50. The first-order valence-electron chi connectivity index (χ1n) is 9.96. The number of halogens is 2. The molecule has 2 aromatic carbocycles. The Kier molecular flexibility index (Phi) is 7.67. The predicted octanol–water partition coefficient (Wildman–Crippen LogP) is 7.14. The number of allylic oxidation sites excluding steroid dienone is 4. The molecule has 0 spiro atoms. The molecule has 4 heteroatoms. The number of aryl methyl sites for hydroxylation is 2. The summed E-state index contributed by atoms with van der Waals surface area (Å²) in [5.41, 5.74) is 12.3. The Hall–Kier alpha value is -0.569. The van der Waals surface area contributed by atoms with Gasteiger partial charge in [-0.3, -0.25) is 0 Å². The Bertz CT molecular complexity index is 996. The second-order valence-electron chi connectivity index (χ2n) is 8.14. The SMILES string of the molecule is C[CH2][Ti](=[SiH2])([CH2]C)[CH]1c2cc(C)ccc2-c2ccc(C)c(C3=CC=CC3)c21.Cl.Cl. The van der Waals surface area contributed by atoms with Gasteiger partial charge in [-0.15, -0.1) is 24.8 Å². The van der Waals surface area contributed by atoms with Crippen molar-refractivity contribution in [1.29, 1.82) is 0 Å². The first-order valence-corrected chi connectivity index (χ1v) is 17.1. The summed E-state index contributed by atoms with van der Waals surface area (Å²) in [5, 5.41) is 0. The van der Waals surface area contributed by atoms with Gasteiger partial charge in [-0.2, -0.15) is 0 Å². The molecule has 1 unspecified atom stereocenters. The van der Waals surface area contributed by atoms with Crippen LogP contribution in [0.4, 0.5) is 0 Å². The van der Waals surface area contributed by atoms with Crippen LogP contribution in [0.25, 0.3) is 16.7 Å². The van der Waals surface area contributed by atoms with Crippen molar-refractivity contribution >= 4 is 38.0 Å². The second-order valence-corrected chi connectivity index (χ2v) is 21.3. The summed E-state index contributed by atoms with van der Waals surface area (Å²) in [6.45, 7) is 9.47. The molecular weight excluding hydrogens is 435 g/mol. The van der Waals surface area contributed by atoms with Crippen LogP contribution in [0.2, 0.25) is 9.45 Å². The van der Waals surface area contributed by atoms with Crippen LogP contribution in [0.15, 0.2) is 48.6 Å². The van der Waals surface area contributed by atoms with Crippen molar-refractivity contribution in [3.8, 4) is 11.1 Å². The summed E-state index contributed by atoms with van der Waals surface area (Å²) in [7, 11) is 2.43. The van der Waals surface area contributed by atoms with Crippen molar-refractivity contribution < 1.29 is 15.3 Å². The van der Waals surface area contributed by atoms with Gasteiger partial charge in [-0.25, -0.2) is 0 Å². The average molecular weight is 466 g/mol. The molecule has 0 saturated carbocycles. The Labute approximate surface area is 187 Å². The van der Waals surface area contributed by atoms with Crippen LogP contribution in [-0.2, 0) is 15.3 Å². The Morgan fingerprint density at radius 2 is 1.68 bits per heavy atom. The molecule has 2 aromatic rings. The maximum Gasteiger partial charge on any atom is -0.147 e. The third kappa shape index (κ3) is 3.66. The van der Waals surface area contributed by atoms with Crippen molar-refractivity contribution in [2.24, 2.45) is 0 Å². The van der Waals surface area contributed by atoms with Gasteiger partial charge in [0.25, 0.3) is 0 Å². The fourth-order valence-electron chi connectivity index (χ4n) is 4.94. The first kappa shape index (κ1) is 23.7. The van der Waals surface area contributed by atoms with Crippen LogP contribution < -0.4 is 0 Å². The molecule has 4 rings (SSSR count). The van der Waals surface area contributed by atoms with E-state index < -0.39 is 15.3 Å². The average Bonchev–Trinajstić information content (AvgIpc) is 3.27. The maximum absolute atomic E-state index is 2.50. The molecule has 0 nitrogen and oxygen atoms in total. The van der Waals surface area contributed by atoms with E-state index in [1.165, 1.54) is 37.3 Å². The fourth-order valence-corrected chi connectivity index (χ4v) is 11.6. The first-order chi connectivity index (χ1) is 12.5. The van der Waals surface area contributed by atoms with Crippen molar-refractivity contribution in [3.63, 3.8) is 0 Å². The summed E-state index contributed by atoms with van der Waals surface area (Å²) >= 11 is -2.02. The van der Waals surface area contributed by atoms with Gasteiger partial charge in [0.15, 0.2) is 0 Å². The molecule has 0 N–H and O–H groups in total. The Morgan fingerprint density at radius 1 is 1.00 bits per heavy atom. The molecule has 28 heavy (non-hydrogen) atoms. The van der Waals surface area contributed by atoms with Gasteiger partial charge in [-0.05, 0) is 0 Å². The van der Waals surface area contributed by atoms with E-state index in [-0.39, 0.29) is 24.8 Å². The van der Waals surface area contributed by atoms with Crippen LogP contribution in [0.5, 0.6) is 0 Å². The minimum Gasteiger partial charge on any atom is -0.147 e. The van der Waals surface area contributed by atoms with Gasteiger partial charge in [-0.1, -0.05) is 0 Å². The molecule has 149 valence electrons. The van der Waals surface area contributed by atoms with Gasteiger partial charge >= 0.3 is 164 Å². The minimum absolute atomic E-state index is 0. The Balaban J connectivity index is 0.00000140. The van der Waals surface area contributed by atoms with Gasteiger partial charge in [0.1, 0.15) is 0 Å². The van der Waals surface area contributed by atoms with Crippen LogP contribution in [0.3, 0.4) is 0 Å². The predicted molar refractivity (Wildman–Crippen MR) is 129 cm³/mol. The Morgan fingerprint density at radius 3 is 2.29 bits per heavy atom. The van der Waals surface area contributed by atoms with Crippen LogP contribution in [-0.4, -0.2) is 7.63 Å². The van der Waals surface area contributed by atoms with Crippen molar-refractivity contribution in [2.45, 2.75) is 47.8 Å². The fraction of sp³-hybridized carbons (Fsp3) is 0.333. The van der Waals surface area contributed by atoms with Gasteiger partial charge in [0.2, 0.25) is 0 Å². The van der Waals surface area contributed by atoms with Crippen molar-refractivity contribution in [2.75, 3.05) is 0 Å². The standard InChI is InChI=1S/C20H17.2C2H5.2ClH.H2Si.Ti/c1-13-7-9-17-16(11-13)12-19-18(17)10-8-14(2)20(19)15-5-3-4-6-15;2*1-2;;;;/h3-5,7-12H,6H2,1-2H3;2*1H2,2H3;2*1H;1H2;. The second kappa shape index (κ2) is 9.06. The van der Waals surface area contributed by atoms with Gasteiger partial charge < -0.3 is 0 Å². The van der Waals surface area contributed by atoms with Crippen LogP contribution >= 0.6 is 24.8 Å². The number of benzene rings is 2. The van der Waals surface area contributed by atoms with E-state index in [4.69, 9.17) is 0 Å². The zero-order chi connectivity index (χ0) is 18.5. The van der Waals surface area contributed by atoms with Crippen LogP contribution in [0, 0.1) is 13.8 Å². The molecule has 0 amide bonds. The molecule has 0 bridgehead atoms. The molecule has 0 aromatic heterocycles. The largest absolute Gasteiger partial charge is 0.147 e. The van der Waals surface area contributed by atoms with Gasteiger partial charge in [0, 0.05) is 0 Å². The van der Waals surface area contributed by atoms with Crippen molar-refractivity contribution in [3.05, 3.63) is 76.4 Å². The molecule has 1 atom stereocenters. The quantitative estimate of drug-likeness (QED) is 0.420. The van der Waals surface area contributed by atoms with E-state index in [0.29, 0.717) is 4.22 Å². The summed E-state index contributed by atoms with van der Waals surface area (Å²) in [6, 6.07) is 11.9. The molecule has 2 aliphatic carbocycles. The van der Waals surface area contributed by atoms with E-state index in [2.05, 4.69) is 83.9 Å². The van der Waals surface area contributed by atoms with E-state index in [1.807, 2.05) is 0 Å². The number of hydrogen-bond acceptors (Lipinski definition) is 0. The number of hydrogen-bond donors (Lipinski definition) is 0. The third-order valence-corrected chi connectivity index (χ3v) is 19.7. The van der Waals surface area contributed by atoms with Gasteiger partial charge in [0.05, 0.1) is 0 Å². The topological polar surface area (TPSA) is 0 Å². The molecule has 0 aliphatic heterocycles. The summed E-state index contributed by atoms with van der Waals surface area (Å²) in [6.07, 6.45) is 7.97. The van der Waals surface area contributed by atoms with Crippen LogP contribution in [0.1, 0.15) is 52.3 Å². The zero-order valence-electron chi connectivity index (χ0n) is 17.3. The number of fused-ring (bicyclic) bond motifs is 3. The smallest absolute Gasteiger partial charge is 0.147 e. The van der Waals surface area contributed by atoms with E-state index >= 15 is 0 Å². The van der Waals surface area contributed by atoms with Crippen molar-refractivity contribution in [1.82, 2.24) is 0 Å². The van der Waals surface area contributed by atoms with E-state index in [1.54, 1.807) is 16.7 Å².